The van der Waals surface area contributed by atoms with Crippen molar-refractivity contribution in [1.29, 1.82) is 0 Å². The summed E-state index contributed by atoms with van der Waals surface area (Å²) in [6, 6.07) is 8.28. The van der Waals surface area contributed by atoms with Gasteiger partial charge in [-0.3, -0.25) is 4.99 Å². The average molecular weight is 450 g/mol. The van der Waals surface area contributed by atoms with Gasteiger partial charge in [0.05, 0.1) is 5.56 Å². The summed E-state index contributed by atoms with van der Waals surface area (Å²) in [5, 5.41) is 12.1. The van der Waals surface area contributed by atoms with E-state index in [0.717, 1.165) is 47.2 Å². The number of phenolic OH excluding ortho intramolecular Hbond substituents is 1. The second kappa shape index (κ2) is 9.76. The topological polar surface area (TPSA) is 32.6 Å². The summed E-state index contributed by atoms with van der Waals surface area (Å²) >= 11 is 6.81. The minimum atomic E-state index is -0.474. The van der Waals surface area contributed by atoms with Gasteiger partial charge < -0.3 is 5.11 Å². The molecule has 1 atom stereocenters. The molecular weight excluding hydrogens is 421 g/mol. The summed E-state index contributed by atoms with van der Waals surface area (Å²) < 4.78 is 14.5. The highest BCUT2D eigenvalue weighted by atomic mass is 35.5. The van der Waals surface area contributed by atoms with E-state index < -0.39 is 5.82 Å². The quantitative estimate of drug-likeness (QED) is 0.300. The second-order valence-electron chi connectivity index (χ2n) is 8.39. The Hall–Kier alpha value is -2.83. The maximum absolute atomic E-state index is 14.5. The molecule has 3 rings (SSSR count). The number of rotatable bonds is 6. The molecule has 4 heteroatoms. The fourth-order valence-electron chi connectivity index (χ4n) is 4.31. The molecule has 0 fully saturated rings. The molecule has 1 unspecified atom stereocenters. The Morgan fingerprint density at radius 3 is 2.59 bits per heavy atom. The highest BCUT2D eigenvalue weighted by Crippen LogP contribution is 2.42. The minimum absolute atomic E-state index is 0.0711. The summed E-state index contributed by atoms with van der Waals surface area (Å²) in [7, 11) is 0. The van der Waals surface area contributed by atoms with Crippen LogP contribution in [-0.4, -0.2) is 16.9 Å². The zero-order valence-corrected chi connectivity index (χ0v) is 20.1. The molecule has 0 aromatic heterocycles. The molecule has 0 radical (unpaired) electrons. The number of fused-ring (bicyclic) bond motifs is 1. The van der Waals surface area contributed by atoms with Crippen molar-refractivity contribution >= 4 is 28.1 Å². The molecular formula is C28H29ClFNO. The first-order valence-corrected chi connectivity index (χ1v) is 11.3. The van der Waals surface area contributed by atoms with Crippen molar-refractivity contribution < 1.29 is 9.50 Å². The van der Waals surface area contributed by atoms with E-state index in [1.54, 1.807) is 18.2 Å². The SMILES string of the molecule is C#Cc1c(F)ccc2cc(O)cc(-c3c(Cl)cc(/C(C)=N\C(C)CCCC)c(C)c3C)c12. The van der Waals surface area contributed by atoms with Crippen molar-refractivity contribution in [3.05, 3.63) is 63.4 Å². The Kier molecular flexibility index (Phi) is 7.26. The predicted molar refractivity (Wildman–Crippen MR) is 135 cm³/mol. The van der Waals surface area contributed by atoms with Gasteiger partial charge in [-0.15, -0.1) is 6.42 Å². The van der Waals surface area contributed by atoms with E-state index >= 15 is 0 Å². The molecule has 0 bridgehead atoms. The number of phenols is 1. The molecule has 0 aliphatic rings. The van der Waals surface area contributed by atoms with Gasteiger partial charge in [0, 0.05) is 27.7 Å². The van der Waals surface area contributed by atoms with Gasteiger partial charge in [-0.25, -0.2) is 4.39 Å². The largest absolute Gasteiger partial charge is 0.508 e. The third-order valence-electron chi connectivity index (χ3n) is 6.10. The number of hydrogen-bond acceptors (Lipinski definition) is 2. The molecule has 1 N–H and O–H groups in total. The van der Waals surface area contributed by atoms with Gasteiger partial charge in [0.15, 0.2) is 0 Å². The fourth-order valence-corrected chi connectivity index (χ4v) is 4.66. The highest BCUT2D eigenvalue weighted by molar-refractivity contribution is 6.34. The Morgan fingerprint density at radius 1 is 1.22 bits per heavy atom. The normalized spacial score (nSPS) is 12.8. The lowest BCUT2D eigenvalue weighted by molar-refractivity contribution is 0.476. The number of halogens is 2. The first-order valence-electron chi connectivity index (χ1n) is 11.0. The number of terminal acetylenes is 1. The van der Waals surface area contributed by atoms with Crippen molar-refractivity contribution in [1.82, 2.24) is 0 Å². The number of aliphatic imine (C=N–C) groups is 1. The van der Waals surface area contributed by atoms with Gasteiger partial charge in [0.2, 0.25) is 0 Å². The first kappa shape index (κ1) is 23.8. The molecule has 32 heavy (non-hydrogen) atoms. The number of unbranched alkanes of at least 4 members (excludes halogenated alkanes) is 1. The monoisotopic (exact) mass is 449 g/mol. The predicted octanol–water partition coefficient (Wildman–Crippen LogP) is 7.99. The van der Waals surface area contributed by atoms with E-state index in [9.17, 15) is 9.50 Å². The van der Waals surface area contributed by atoms with Gasteiger partial charge in [-0.2, -0.15) is 0 Å². The molecule has 0 saturated heterocycles. The van der Waals surface area contributed by atoms with E-state index in [1.807, 2.05) is 26.8 Å². The lowest BCUT2D eigenvalue weighted by Crippen LogP contribution is -2.07. The molecule has 0 amide bonds. The molecule has 3 aromatic carbocycles. The molecule has 0 spiro atoms. The fraction of sp³-hybridized carbons (Fsp3) is 0.321. The van der Waals surface area contributed by atoms with E-state index in [2.05, 4.69) is 19.8 Å². The van der Waals surface area contributed by atoms with E-state index in [-0.39, 0.29) is 17.4 Å². The third-order valence-corrected chi connectivity index (χ3v) is 6.39. The van der Waals surface area contributed by atoms with Crippen LogP contribution in [0, 0.1) is 32.0 Å². The summed E-state index contributed by atoms with van der Waals surface area (Å²) in [5.41, 5.74) is 5.45. The van der Waals surface area contributed by atoms with Crippen LogP contribution >= 0.6 is 11.6 Å². The lowest BCUT2D eigenvalue weighted by atomic mass is 9.88. The highest BCUT2D eigenvalue weighted by Gasteiger charge is 2.20. The number of aromatic hydroxyl groups is 1. The maximum Gasteiger partial charge on any atom is 0.139 e. The first-order chi connectivity index (χ1) is 15.2. The van der Waals surface area contributed by atoms with Crippen LogP contribution in [0.3, 0.4) is 0 Å². The smallest absolute Gasteiger partial charge is 0.139 e. The van der Waals surface area contributed by atoms with E-state index in [1.165, 1.54) is 6.07 Å². The Labute approximate surface area is 195 Å². The van der Waals surface area contributed by atoms with Crippen LogP contribution in [0.2, 0.25) is 5.02 Å². The zero-order valence-electron chi connectivity index (χ0n) is 19.3. The summed E-state index contributed by atoms with van der Waals surface area (Å²) in [6.45, 7) is 10.3. The number of nitrogens with zero attached hydrogens (tertiary/aromatic N) is 1. The van der Waals surface area contributed by atoms with Crippen LogP contribution in [0.5, 0.6) is 5.75 Å². The number of benzene rings is 3. The van der Waals surface area contributed by atoms with Crippen LogP contribution < -0.4 is 0 Å². The van der Waals surface area contributed by atoms with Crippen molar-refractivity contribution in [3.8, 4) is 29.2 Å². The summed E-state index contributed by atoms with van der Waals surface area (Å²) in [5.74, 6) is 2.07. The molecule has 0 heterocycles. The van der Waals surface area contributed by atoms with Crippen LogP contribution in [0.25, 0.3) is 21.9 Å². The third kappa shape index (κ3) is 4.52. The Bertz CT molecular complexity index is 1250. The van der Waals surface area contributed by atoms with Crippen LogP contribution in [0.15, 0.2) is 35.3 Å². The van der Waals surface area contributed by atoms with Crippen LogP contribution in [0.1, 0.15) is 62.3 Å². The molecule has 0 aliphatic carbocycles. The van der Waals surface area contributed by atoms with Crippen molar-refractivity contribution in [2.24, 2.45) is 4.99 Å². The molecule has 0 aliphatic heterocycles. The van der Waals surface area contributed by atoms with Gasteiger partial charge >= 0.3 is 0 Å². The van der Waals surface area contributed by atoms with Crippen molar-refractivity contribution in [2.75, 3.05) is 0 Å². The molecule has 2 nitrogen and oxygen atoms in total. The van der Waals surface area contributed by atoms with Gasteiger partial charge in [-0.1, -0.05) is 43.4 Å². The molecule has 3 aromatic rings. The van der Waals surface area contributed by atoms with Gasteiger partial charge in [-0.05, 0) is 86.0 Å². The zero-order chi connectivity index (χ0) is 23.6. The van der Waals surface area contributed by atoms with E-state index in [4.69, 9.17) is 23.0 Å². The standard InChI is InChI=1S/C28H29ClFNO/c1-7-9-10-16(3)31-19(6)23-15-25(29)27(18(5)17(23)4)24-14-21(32)13-20-11-12-26(30)22(8-2)28(20)24/h2,11-16,32H,7,9-10H2,1,3-6H3/b31-19-. The van der Waals surface area contributed by atoms with Crippen LogP contribution in [0.4, 0.5) is 4.39 Å². The maximum atomic E-state index is 14.5. The van der Waals surface area contributed by atoms with Gasteiger partial charge in [0.25, 0.3) is 0 Å². The van der Waals surface area contributed by atoms with E-state index in [0.29, 0.717) is 21.4 Å². The molecule has 0 saturated carbocycles. The van der Waals surface area contributed by atoms with Gasteiger partial charge in [0.1, 0.15) is 11.6 Å². The van der Waals surface area contributed by atoms with Crippen molar-refractivity contribution in [3.63, 3.8) is 0 Å². The average Bonchev–Trinajstić information content (AvgIpc) is 2.74. The van der Waals surface area contributed by atoms with Crippen LogP contribution in [-0.2, 0) is 0 Å². The Balaban J connectivity index is 2.25. The minimum Gasteiger partial charge on any atom is -0.508 e. The molecule has 166 valence electrons. The summed E-state index contributed by atoms with van der Waals surface area (Å²) in [6.07, 6.45) is 9.00. The number of hydrogen-bond donors (Lipinski definition) is 1. The Morgan fingerprint density at radius 2 is 1.94 bits per heavy atom. The van der Waals surface area contributed by atoms with Crippen molar-refractivity contribution in [2.45, 2.75) is 59.9 Å². The lowest BCUT2D eigenvalue weighted by Gasteiger charge is -2.19. The second-order valence-corrected chi connectivity index (χ2v) is 8.80. The summed E-state index contributed by atoms with van der Waals surface area (Å²) in [4.78, 5) is 4.88.